The first kappa shape index (κ1) is 17.9. The molecule has 1 aliphatic rings. The Balaban J connectivity index is 1.71. The van der Waals surface area contributed by atoms with Gasteiger partial charge in [0.05, 0.1) is 7.11 Å². The normalized spacial score (nSPS) is 16.7. The smallest absolute Gasteiger partial charge is 0.252 e. The zero-order valence-electron chi connectivity index (χ0n) is 15.0. The van der Waals surface area contributed by atoms with Crippen LogP contribution in [0, 0.1) is 19.7 Å². The van der Waals surface area contributed by atoms with Crippen LogP contribution in [-0.2, 0) is 4.79 Å². The number of carbonyl (C=O) groups excluding carboxylic acids is 2. The molecule has 2 aromatic rings. The van der Waals surface area contributed by atoms with Crippen molar-refractivity contribution < 1.29 is 18.7 Å². The van der Waals surface area contributed by atoms with Crippen molar-refractivity contribution in [3.63, 3.8) is 0 Å². The molecule has 1 fully saturated rings. The summed E-state index contributed by atoms with van der Waals surface area (Å²) in [7, 11) is 1.36. The number of carbonyl (C=O) groups is 2. The summed E-state index contributed by atoms with van der Waals surface area (Å²) in [5.74, 6) is -1.18. The van der Waals surface area contributed by atoms with Gasteiger partial charge in [-0.05, 0) is 61.7 Å². The zero-order valence-corrected chi connectivity index (χ0v) is 15.0. The molecular weight excluding hydrogens is 335 g/mol. The van der Waals surface area contributed by atoms with E-state index in [4.69, 9.17) is 4.74 Å². The first-order chi connectivity index (χ1) is 12.4. The molecule has 1 saturated heterocycles. The minimum absolute atomic E-state index is 0.0689. The van der Waals surface area contributed by atoms with Gasteiger partial charge in [-0.1, -0.05) is 6.07 Å². The number of benzene rings is 2. The second kappa shape index (κ2) is 7.15. The third-order valence-electron chi connectivity index (χ3n) is 4.73. The molecule has 0 radical (unpaired) electrons. The zero-order chi connectivity index (χ0) is 18.8. The molecule has 3 rings (SSSR count). The van der Waals surface area contributed by atoms with Gasteiger partial charge >= 0.3 is 0 Å². The summed E-state index contributed by atoms with van der Waals surface area (Å²) in [5, 5.41) is 2.70. The number of nitrogens with one attached hydrogen (secondary N) is 1. The first-order valence-electron chi connectivity index (χ1n) is 8.43. The van der Waals surface area contributed by atoms with Crippen molar-refractivity contribution in [1.29, 1.82) is 0 Å². The van der Waals surface area contributed by atoms with E-state index in [1.807, 2.05) is 32.0 Å². The highest BCUT2D eigenvalue weighted by molar-refractivity contribution is 6.04. The monoisotopic (exact) mass is 356 g/mol. The molecule has 0 unspecified atom stereocenters. The quantitative estimate of drug-likeness (QED) is 0.916. The Labute approximate surface area is 151 Å². The Hall–Kier alpha value is -2.89. The van der Waals surface area contributed by atoms with E-state index in [2.05, 4.69) is 5.32 Å². The van der Waals surface area contributed by atoms with Crippen LogP contribution in [0.4, 0.5) is 10.1 Å². The van der Waals surface area contributed by atoms with Crippen molar-refractivity contribution in [3.8, 4) is 5.75 Å². The van der Waals surface area contributed by atoms with Crippen LogP contribution in [0.25, 0.3) is 0 Å². The summed E-state index contributed by atoms with van der Waals surface area (Å²) in [6.45, 7) is 4.54. The molecular formula is C20H21FN2O3. The molecule has 0 bridgehead atoms. The van der Waals surface area contributed by atoms with E-state index in [1.54, 1.807) is 4.90 Å². The van der Waals surface area contributed by atoms with Crippen LogP contribution in [0.5, 0.6) is 5.75 Å². The van der Waals surface area contributed by atoms with Crippen LogP contribution in [0.3, 0.4) is 0 Å². The Morgan fingerprint density at radius 2 is 1.96 bits per heavy atom. The summed E-state index contributed by atoms with van der Waals surface area (Å²) in [5.41, 5.74) is 3.24. The van der Waals surface area contributed by atoms with E-state index in [0.29, 0.717) is 13.0 Å². The van der Waals surface area contributed by atoms with Crippen molar-refractivity contribution in [1.82, 2.24) is 5.32 Å². The number of amides is 2. The van der Waals surface area contributed by atoms with Crippen molar-refractivity contribution in [3.05, 3.63) is 58.9 Å². The number of aryl methyl sites for hydroxylation is 2. The highest BCUT2D eigenvalue weighted by atomic mass is 19.1. The van der Waals surface area contributed by atoms with E-state index in [9.17, 15) is 14.0 Å². The largest absolute Gasteiger partial charge is 0.494 e. The van der Waals surface area contributed by atoms with Gasteiger partial charge < -0.3 is 15.0 Å². The molecule has 0 spiro atoms. The Kier molecular flexibility index (Phi) is 4.93. The average Bonchev–Trinajstić information content (AvgIpc) is 2.98. The van der Waals surface area contributed by atoms with E-state index in [-0.39, 0.29) is 17.2 Å². The lowest BCUT2D eigenvalue weighted by atomic mass is 10.1. The van der Waals surface area contributed by atoms with Crippen molar-refractivity contribution in [2.24, 2.45) is 0 Å². The predicted molar refractivity (Wildman–Crippen MR) is 97.1 cm³/mol. The van der Waals surface area contributed by atoms with Crippen molar-refractivity contribution in [2.45, 2.75) is 26.3 Å². The number of rotatable bonds is 4. The molecule has 5 nitrogen and oxygen atoms in total. The lowest BCUT2D eigenvalue weighted by molar-refractivity contribution is -0.118. The summed E-state index contributed by atoms with van der Waals surface area (Å²) >= 11 is 0. The van der Waals surface area contributed by atoms with Gasteiger partial charge in [0.25, 0.3) is 5.91 Å². The molecule has 2 aromatic carbocycles. The molecule has 136 valence electrons. The van der Waals surface area contributed by atoms with E-state index in [0.717, 1.165) is 22.9 Å². The molecule has 26 heavy (non-hydrogen) atoms. The standard InChI is InChI=1S/C20H21FN2O3/c1-12-4-6-15(10-13(12)2)23-9-8-17(20(23)25)22-19(24)14-5-7-18(26-3)16(21)11-14/h4-7,10-11,17H,8-9H2,1-3H3,(H,22,24)/t17-/m1/s1. The molecule has 1 atom stereocenters. The number of nitrogens with zero attached hydrogens (tertiary/aromatic N) is 1. The molecule has 0 aromatic heterocycles. The lowest BCUT2D eigenvalue weighted by Gasteiger charge is -2.18. The Bertz CT molecular complexity index is 866. The maximum atomic E-state index is 13.8. The molecule has 1 heterocycles. The number of anilines is 1. The van der Waals surface area contributed by atoms with Crippen LogP contribution in [0.15, 0.2) is 36.4 Å². The number of ether oxygens (including phenoxy) is 1. The topological polar surface area (TPSA) is 58.6 Å². The molecule has 1 aliphatic heterocycles. The Morgan fingerprint density at radius 3 is 2.62 bits per heavy atom. The predicted octanol–water partition coefficient (Wildman–Crippen LogP) is 2.99. The number of halogens is 1. The Morgan fingerprint density at radius 1 is 1.19 bits per heavy atom. The van der Waals surface area contributed by atoms with Crippen LogP contribution < -0.4 is 15.0 Å². The van der Waals surface area contributed by atoms with E-state index >= 15 is 0 Å². The van der Waals surface area contributed by atoms with Gasteiger partial charge in [-0.25, -0.2) is 4.39 Å². The van der Waals surface area contributed by atoms with Crippen LogP contribution in [0.2, 0.25) is 0 Å². The van der Waals surface area contributed by atoms with E-state index in [1.165, 1.54) is 19.2 Å². The lowest BCUT2D eigenvalue weighted by Crippen LogP contribution is -2.41. The minimum Gasteiger partial charge on any atom is -0.494 e. The van der Waals surface area contributed by atoms with Gasteiger partial charge in [-0.3, -0.25) is 9.59 Å². The first-order valence-corrected chi connectivity index (χ1v) is 8.43. The molecule has 0 aliphatic carbocycles. The third kappa shape index (κ3) is 3.40. The summed E-state index contributed by atoms with van der Waals surface area (Å²) < 4.78 is 18.6. The number of methoxy groups -OCH3 is 1. The maximum absolute atomic E-state index is 13.8. The molecule has 2 amide bonds. The second-order valence-corrected chi connectivity index (χ2v) is 6.42. The van der Waals surface area contributed by atoms with Gasteiger partial charge in [-0.2, -0.15) is 0 Å². The fourth-order valence-electron chi connectivity index (χ4n) is 3.01. The van der Waals surface area contributed by atoms with Gasteiger partial charge in [0.15, 0.2) is 11.6 Å². The number of hydrogen-bond donors (Lipinski definition) is 1. The average molecular weight is 356 g/mol. The molecule has 6 heteroatoms. The molecule has 1 N–H and O–H groups in total. The molecule has 0 saturated carbocycles. The fourth-order valence-corrected chi connectivity index (χ4v) is 3.01. The summed E-state index contributed by atoms with van der Waals surface area (Å²) in [6, 6.07) is 9.20. The maximum Gasteiger partial charge on any atom is 0.252 e. The van der Waals surface area contributed by atoms with Crippen molar-refractivity contribution >= 4 is 17.5 Å². The summed E-state index contributed by atoms with van der Waals surface area (Å²) in [4.78, 5) is 26.7. The number of hydrogen-bond acceptors (Lipinski definition) is 3. The van der Waals surface area contributed by atoms with Gasteiger partial charge in [0.2, 0.25) is 5.91 Å². The van der Waals surface area contributed by atoms with Gasteiger partial charge in [0.1, 0.15) is 6.04 Å². The highest BCUT2D eigenvalue weighted by Crippen LogP contribution is 2.24. The highest BCUT2D eigenvalue weighted by Gasteiger charge is 2.34. The van der Waals surface area contributed by atoms with Crippen LogP contribution in [-0.4, -0.2) is 31.5 Å². The van der Waals surface area contributed by atoms with Gasteiger partial charge in [-0.15, -0.1) is 0 Å². The fraction of sp³-hybridized carbons (Fsp3) is 0.300. The third-order valence-corrected chi connectivity index (χ3v) is 4.73. The van der Waals surface area contributed by atoms with Crippen LogP contribution >= 0.6 is 0 Å². The van der Waals surface area contributed by atoms with Gasteiger partial charge in [0, 0.05) is 17.8 Å². The van der Waals surface area contributed by atoms with E-state index < -0.39 is 17.8 Å². The van der Waals surface area contributed by atoms with Crippen molar-refractivity contribution in [2.75, 3.05) is 18.6 Å². The SMILES string of the molecule is COc1ccc(C(=O)N[C@@H]2CCN(c3ccc(C)c(C)c3)C2=O)cc1F. The second-order valence-electron chi connectivity index (χ2n) is 6.42. The minimum atomic E-state index is -0.616. The van der Waals surface area contributed by atoms with Crippen LogP contribution in [0.1, 0.15) is 27.9 Å². The summed E-state index contributed by atoms with van der Waals surface area (Å²) in [6.07, 6.45) is 0.510.